The predicted octanol–water partition coefficient (Wildman–Crippen LogP) is 1.22. The molecule has 1 saturated carbocycles. The Morgan fingerprint density at radius 2 is 2.06 bits per heavy atom. The maximum Gasteiger partial charge on any atom is 0.319 e. The maximum atomic E-state index is 12.0. The highest BCUT2D eigenvalue weighted by Gasteiger charge is 2.51. The van der Waals surface area contributed by atoms with Crippen molar-refractivity contribution in [3.8, 4) is 0 Å². The van der Waals surface area contributed by atoms with E-state index in [1.165, 1.54) is 0 Å². The summed E-state index contributed by atoms with van der Waals surface area (Å²) in [6.45, 7) is 3.54. The molecule has 1 fully saturated rings. The van der Waals surface area contributed by atoms with E-state index in [9.17, 15) is 9.59 Å². The molecular formula is C11H15N3O3. The van der Waals surface area contributed by atoms with Crippen LogP contribution in [0.1, 0.15) is 30.7 Å². The van der Waals surface area contributed by atoms with Crippen molar-refractivity contribution in [1.82, 2.24) is 10.2 Å². The normalized spacial score (nSPS) is 17.3. The van der Waals surface area contributed by atoms with E-state index in [1.54, 1.807) is 13.8 Å². The van der Waals surface area contributed by atoms with Crippen LogP contribution in [0.3, 0.4) is 0 Å². The number of aromatic amines is 1. The molecule has 6 nitrogen and oxygen atoms in total. The van der Waals surface area contributed by atoms with Crippen LogP contribution in [0.2, 0.25) is 0 Å². The summed E-state index contributed by atoms with van der Waals surface area (Å²) in [6.07, 6.45) is 1.59. The number of rotatable bonds is 3. The Kier molecular flexibility index (Phi) is 2.65. The van der Waals surface area contributed by atoms with Gasteiger partial charge in [0.1, 0.15) is 5.41 Å². The average molecular weight is 237 g/mol. The molecule has 2 rings (SSSR count). The molecule has 0 spiro atoms. The van der Waals surface area contributed by atoms with Crippen LogP contribution in [0.4, 0.5) is 5.69 Å². The van der Waals surface area contributed by atoms with Gasteiger partial charge >= 0.3 is 5.97 Å². The fourth-order valence-electron chi connectivity index (χ4n) is 2.04. The highest BCUT2D eigenvalue weighted by atomic mass is 16.4. The summed E-state index contributed by atoms with van der Waals surface area (Å²) in [4.78, 5) is 23.2. The number of nitrogens with one attached hydrogen (secondary N) is 2. The predicted molar refractivity (Wildman–Crippen MR) is 60.6 cm³/mol. The maximum absolute atomic E-state index is 12.0. The number of hydrogen-bond acceptors (Lipinski definition) is 3. The average Bonchev–Trinajstić information content (AvgIpc) is 2.47. The second-order valence-electron chi connectivity index (χ2n) is 4.50. The van der Waals surface area contributed by atoms with Crippen molar-refractivity contribution in [2.75, 3.05) is 5.32 Å². The Morgan fingerprint density at radius 1 is 1.41 bits per heavy atom. The minimum absolute atomic E-state index is 0.407. The van der Waals surface area contributed by atoms with E-state index in [0.717, 1.165) is 12.1 Å². The van der Waals surface area contributed by atoms with Crippen molar-refractivity contribution in [3.63, 3.8) is 0 Å². The summed E-state index contributed by atoms with van der Waals surface area (Å²) in [5, 5.41) is 18.5. The molecule has 3 N–H and O–H groups in total. The minimum Gasteiger partial charge on any atom is -0.480 e. The van der Waals surface area contributed by atoms with Crippen molar-refractivity contribution in [2.45, 2.75) is 33.1 Å². The molecule has 0 aromatic carbocycles. The van der Waals surface area contributed by atoms with Crippen LogP contribution < -0.4 is 5.32 Å². The number of anilines is 1. The van der Waals surface area contributed by atoms with Crippen molar-refractivity contribution < 1.29 is 14.7 Å². The summed E-state index contributed by atoms with van der Waals surface area (Å²) < 4.78 is 0. The molecule has 1 aromatic heterocycles. The summed E-state index contributed by atoms with van der Waals surface area (Å²) >= 11 is 0. The molecule has 1 aromatic rings. The Hall–Kier alpha value is -1.85. The van der Waals surface area contributed by atoms with Crippen LogP contribution >= 0.6 is 0 Å². The fourth-order valence-corrected chi connectivity index (χ4v) is 2.04. The standard InChI is InChI=1S/C11H15N3O3/c1-6-8(7(2)14-13-6)12-9(15)11(10(16)17)4-3-5-11/h3-5H2,1-2H3,(H,12,15)(H,13,14)(H,16,17). The monoisotopic (exact) mass is 237 g/mol. The summed E-state index contributed by atoms with van der Waals surface area (Å²) in [5.74, 6) is -1.48. The topological polar surface area (TPSA) is 95.1 Å². The number of hydrogen-bond donors (Lipinski definition) is 3. The number of amides is 1. The number of carbonyl (C=O) groups excluding carboxylic acids is 1. The lowest BCUT2D eigenvalue weighted by atomic mass is 9.68. The third-order valence-corrected chi connectivity index (χ3v) is 3.42. The first-order valence-corrected chi connectivity index (χ1v) is 5.54. The van der Waals surface area contributed by atoms with Gasteiger partial charge in [-0.05, 0) is 26.7 Å². The molecule has 6 heteroatoms. The van der Waals surface area contributed by atoms with E-state index in [-0.39, 0.29) is 0 Å². The molecule has 0 saturated heterocycles. The quantitative estimate of drug-likeness (QED) is 0.689. The van der Waals surface area contributed by atoms with E-state index in [4.69, 9.17) is 5.11 Å². The zero-order valence-electron chi connectivity index (χ0n) is 9.83. The zero-order valence-corrected chi connectivity index (χ0v) is 9.83. The van der Waals surface area contributed by atoms with E-state index in [1.807, 2.05) is 0 Å². The summed E-state index contributed by atoms with van der Waals surface area (Å²) in [5.41, 5.74) is 0.741. The first-order valence-electron chi connectivity index (χ1n) is 5.54. The lowest BCUT2D eigenvalue weighted by molar-refractivity contribution is -0.159. The van der Waals surface area contributed by atoms with Crippen LogP contribution in [-0.2, 0) is 9.59 Å². The molecule has 1 aliphatic rings. The van der Waals surface area contributed by atoms with Gasteiger partial charge in [-0.2, -0.15) is 5.10 Å². The van der Waals surface area contributed by atoms with Crippen LogP contribution in [0.25, 0.3) is 0 Å². The van der Waals surface area contributed by atoms with E-state index >= 15 is 0 Å². The fraction of sp³-hybridized carbons (Fsp3) is 0.545. The van der Waals surface area contributed by atoms with E-state index < -0.39 is 17.3 Å². The molecule has 0 atom stereocenters. The zero-order chi connectivity index (χ0) is 12.6. The van der Waals surface area contributed by atoms with Crippen LogP contribution in [0, 0.1) is 19.3 Å². The summed E-state index contributed by atoms with van der Waals surface area (Å²) in [7, 11) is 0. The number of carboxylic acid groups (broad SMARTS) is 1. The first kappa shape index (κ1) is 11.6. The molecule has 17 heavy (non-hydrogen) atoms. The van der Waals surface area contributed by atoms with Gasteiger partial charge in [0.25, 0.3) is 0 Å². The number of H-pyrrole nitrogens is 1. The largest absolute Gasteiger partial charge is 0.480 e. The van der Waals surface area contributed by atoms with Gasteiger partial charge < -0.3 is 10.4 Å². The summed E-state index contributed by atoms with van der Waals surface area (Å²) in [6, 6.07) is 0. The van der Waals surface area contributed by atoms with Gasteiger partial charge in [-0.3, -0.25) is 14.7 Å². The number of aryl methyl sites for hydroxylation is 2. The van der Waals surface area contributed by atoms with Crippen LogP contribution in [0.15, 0.2) is 0 Å². The Balaban J connectivity index is 2.20. The molecule has 1 aliphatic carbocycles. The molecule has 0 radical (unpaired) electrons. The van der Waals surface area contributed by atoms with Gasteiger partial charge in [-0.1, -0.05) is 6.42 Å². The highest BCUT2D eigenvalue weighted by molar-refractivity contribution is 6.09. The molecule has 0 aliphatic heterocycles. The van der Waals surface area contributed by atoms with Crippen LogP contribution in [-0.4, -0.2) is 27.2 Å². The van der Waals surface area contributed by atoms with Gasteiger partial charge in [-0.25, -0.2) is 0 Å². The van der Waals surface area contributed by atoms with Crippen molar-refractivity contribution in [2.24, 2.45) is 5.41 Å². The van der Waals surface area contributed by atoms with Gasteiger partial charge in [-0.15, -0.1) is 0 Å². The number of carboxylic acids is 1. The number of aliphatic carboxylic acids is 1. The van der Waals surface area contributed by atoms with Gasteiger partial charge in [0.15, 0.2) is 0 Å². The molecule has 1 amide bonds. The number of aromatic nitrogens is 2. The van der Waals surface area contributed by atoms with Crippen molar-refractivity contribution in [1.29, 1.82) is 0 Å². The molecule has 1 heterocycles. The molecule has 0 bridgehead atoms. The third kappa shape index (κ3) is 1.69. The number of nitrogens with zero attached hydrogens (tertiary/aromatic N) is 1. The molecule has 92 valence electrons. The van der Waals surface area contributed by atoms with Crippen molar-refractivity contribution >= 4 is 17.6 Å². The van der Waals surface area contributed by atoms with Gasteiger partial charge in [0.2, 0.25) is 5.91 Å². The minimum atomic E-state index is -1.24. The van der Waals surface area contributed by atoms with E-state index in [0.29, 0.717) is 24.2 Å². The van der Waals surface area contributed by atoms with E-state index in [2.05, 4.69) is 15.5 Å². The Morgan fingerprint density at radius 3 is 2.41 bits per heavy atom. The SMILES string of the molecule is Cc1n[nH]c(C)c1NC(=O)C1(C(=O)O)CCC1. The van der Waals surface area contributed by atoms with Gasteiger partial charge in [0, 0.05) is 0 Å². The van der Waals surface area contributed by atoms with Crippen LogP contribution in [0.5, 0.6) is 0 Å². The third-order valence-electron chi connectivity index (χ3n) is 3.42. The lowest BCUT2D eigenvalue weighted by Gasteiger charge is -2.35. The highest BCUT2D eigenvalue weighted by Crippen LogP contribution is 2.42. The lowest BCUT2D eigenvalue weighted by Crippen LogP contribution is -2.48. The van der Waals surface area contributed by atoms with Crippen molar-refractivity contribution in [3.05, 3.63) is 11.4 Å². The second-order valence-corrected chi connectivity index (χ2v) is 4.50. The number of carbonyl (C=O) groups is 2. The Bertz CT molecular complexity index is 455. The Labute approximate surface area is 98.4 Å². The first-order chi connectivity index (χ1) is 7.97. The smallest absolute Gasteiger partial charge is 0.319 e. The van der Waals surface area contributed by atoms with Gasteiger partial charge in [0.05, 0.1) is 17.1 Å². The second kappa shape index (κ2) is 3.87. The molecular weight excluding hydrogens is 222 g/mol. The molecule has 0 unspecified atom stereocenters.